The molecule has 1 aliphatic heterocycles. The first-order valence-electron chi connectivity index (χ1n) is 9.52. The van der Waals surface area contributed by atoms with Gasteiger partial charge in [-0.2, -0.15) is 0 Å². The Bertz CT molecular complexity index is 1250. The molecule has 3 aromatic rings. The maximum atomic E-state index is 13.1. The van der Waals surface area contributed by atoms with Crippen molar-refractivity contribution in [2.45, 2.75) is 6.54 Å². The average molecular weight is 470 g/mol. The number of aromatic nitrogens is 1. The number of rotatable bonds is 5. The maximum absolute atomic E-state index is 13.1. The number of nitrogens with one attached hydrogen (secondary N) is 1. The lowest BCUT2D eigenvalue weighted by molar-refractivity contribution is -0.122. The van der Waals surface area contributed by atoms with Crippen LogP contribution in [0.4, 0.5) is 10.5 Å². The lowest BCUT2D eigenvalue weighted by Crippen LogP contribution is -2.54. The summed E-state index contributed by atoms with van der Waals surface area (Å²) in [4.78, 5) is 38.9. The van der Waals surface area contributed by atoms with Crippen LogP contribution in [0.1, 0.15) is 11.3 Å². The zero-order chi connectivity index (χ0) is 22.8. The number of barbiturate groups is 1. The van der Waals surface area contributed by atoms with E-state index in [1.165, 1.54) is 31.4 Å². The fourth-order valence-electron chi connectivity index (χ4n) is 3.32. The number of benzene rings is 2. The summed E-state index contributed by atoms with van der Waals surface area (Å²) in [5.41, 5.74) is 1.66. The van der Waals surface area contributed by atoms with Gasteiger partial charge >= 0.3 is 6.03 Å². The second-order valence-electron chi connectivity index (χ2n) is 6.96. The van der Waals surface area contributed by atoms with Crippen LogP contribution in [0.25, 0.3) is 6.08 Å². The average Bonchev–Trinajstić information content (AvgIpc) is 3.19. The van der Waals surface area contributed by atoms with Crippen molar-refractivity contribution >= 4 is 52.8 Å². The van der Waals surface area contributed by atoms with Gasteiger partial charge in [0.2, 0.25) is 0 Å². The molecule has 1 N–H and O–H groups in total. The minimum atomic E-state index is -0.852. The number of nitrogens with zero attached hydrogens (tertiary/aromatic N) is 2. The van der Waals surface area contributed by atoms with Gasteiger partial charge in [-0.25, -0.2) is 9.69 Å². The van der Waals surface area contributed by atoms with Crippen molar-refractivity contribution in [2.75, 3.05) is 12.0 Å². The van der Waals surface area contributed by atoms with Crippen LogP contribution in [0.2, 0.25) is 10.0 Å². The third kappa shape index (κ3) is 4.26. The van der Waals surface area contributed by atoms with Gasteiger partial charge in [-0.1, -0.05) is 35.3 Å². The number of anilines is 1. The van der Waals surface area contributed by atoms with E-state index in [4.69, 9.17) is 27.9 Å². The van der Waals surface area contributed by atoms with Gasteiger partial charge in [0.1, 0.15) is 11.3 Å². The molecule has 0 atom stereocenters. The number of hydrogen-bond acceptors (Lipinski definition) is 4. The molecule has 1 aliphatic rings. The van der Waals surface area contributed by atoms with Crippen molar-refractivity contribution in [3.8, 4) is 5.75 Å². The number of imide groups is 2. The Morgan fingerprint density at radius 1 is 1.03 bits per heavy atom. The first-order chi connectivity index (χ1) is 15.4. The van der Waals surface area contributed by atoms with Crippen LogP contribution >= 0.6 is 23.2 Å². The molecule has 0 aliphatic carbocycles. The van der Waals surface area contributed by atoms with Crippen molar-refractivity contribution in [1.82, 2.24) is 9.88 Å². The van der Waals surface area contributed by atoms with E-state index in [1.807, 2.05) is 22.9 Å². The van der Waals surface area contributed by atoms with Gasteiger partial charge in [-0.15, -0.1) is 0 Å². The van der Waals surface area contributed by atoms with E-state index in [0.717, 1.165) is 10.5 Å². The summed E-state index contributed by atoms with van der Waals surface area (Å²) < 4.78 is 6.98. The Labute approximate surface area is 193 Å². The zero-order valence-corrected chi connectivity index (χ0v) is 18.4. The first kappa shape index (κ1) is 21.7. The van der Waals surface area contributed by atoms with E-state index in [9.17, 15) is 14.4 Å². The van der Waals surface area contributed by atoms with Crippen molar-refractivity contribution in [3.05, 3.63) is 87.7 Å². The largest absolute Gasteiger partial charge is 0.495 e. The van der Waals surface area contributed by atoms with Crippen LogP contribution in [-0.4, -0.2) is 29.5 Å². The topological polar surface area (TPSA) is 80.6 Å². The standard InChI is InChI=1S/C23H17Cl2N3O4/c1-32-20-9-8-17(12-19(20)25)28-22(30)18(21(29)26-23(28)31)11-16-3-2-10-27(16)13-14-4-6-15(24)7-5-14/h2-12H,13H2,1H3,(H,26,29,31). The molecular weight excluding hydrogens is 453 g/mol. The lowest BCUT2D eigenvalue weighted by atomic mass is 10.1. The lowest BCUT2D eigenvalue weighted by Gasteiger charge is -2.26. The molecule has 2 aromatic carbocycles. The van der Waals surface area contributed by atoms with Gasteiger partial charge in [-0.05, 0) is 54.1 Å². The van der Waals surface area contributed by atoms with Crippen LogP contribution in [0.15, 0.2) is 66.4 Å². The van der Waals surface area contributed by atoms with Gasteiger partial charge in [0, 0.05) is 23.5 Å². The number of halogens is 2. The van der Waals surface area contributed by atoms with E-state index in [0.29, 0.717) is 23.0 Å². The molecule has 1 saturated heterocycles. The fraction of sp³-hybridized carbons (Fsp3) is 0.0870. The van der Waals surface area contributed by atoms with E-state index >= 15 is 0 Å². The molecule has 7 nitrogen and oxygen atoms in total. The normalized spacial score (nSPS) is 15.3. The highest BCUT2D eigenvalue weighted by atomic mass is 35.5. The zero-order valence-electron chi connectivity index (χ0n) is 16.8. The molecule has 1 aromatic heterocycles. The Morgan fingerprint density at radius 3 is 2.47 bits per heavy atom. The van der Waals surface area contributed by atoms with Crippen LogP contribution in [-0.2, 0) is 16.1 Å². The van der Waals surface area contributed by atoms with E-state index < -0.39 is 17.8 Å². The molecule has 4 amide bonds. The molecule has 0 spiro atoms. The minimum Gasteiger partial charge on any atom is -0.495 e. The molecule has 1 fully saturated rings. The molecule has 9 heteroatoms. The second kappa shape index (κ2) is 8.90. The monoisotopic (exact) mass is 469 g/mol. The first-order valence-corrected chi connectivity index (χ1v) is 10.3. The maximum Gasteiger partial charge on any atom is 0.335 e. The Balaban J connectivity index is 1.66. The SMILES string of the molecule is COc1ccc(N2C(=O)NC(=O)C(=Cc3cccn3Cc3ccc(Cl)cc3)C2=O)cc1Cl. The van der Waals surface area contributed by atoms with Crippen molar-refractivity contribution in [3.63, 3.8) is 0 Å². The Hall–Kier alpha value is -3.55. The number of carbonyl (C=O) groups is 3. The number of carbonyl (C=O) groups excluding carboxylic acids is 3. The number of urea groups is 1. The van der Waals surface area contributed by atoms with Gasteiger partial charge in [-0.3, -0.25) is 14.9 Å². The smallest absolute Gasteiger partial charge is 0.335 e. The van der Waals surface area contributed by atoms with Gasteiger partial charge in [0.05, 0.1) is 17.8 Å². The fourth-order valence-corrected chi connectivity index (χ4v) is 3.70. The predicted octanol–water partition coefficient (Wildman–Crippen LogP) is 4.52. The quantitative estimate of drug-likeness (QED) is 0.439. The Morgan fingerprint density at radius 2 is 1.78 bits per heavy atom. The van der Waals surface area contributed by atoms with Crippen LogP contribution in [0.3, 0.4) is 0 Å². The molecule has 0 radical (unpaired) electrons. The van der Waals surface area contributed by atoms with Crippen LogP contribution < -0.4 is 15.0 Å². The highest BCUT2D eigenvalue weighted by Crippen LogP contribution is 2.31. The van der Waals surface area contributed by atoms with E-state index in [1.54, 1.807) is 24.3 Å². The van der Waals surface area contributed by atoms with Gasteiger partial charge < -0.3 is 9.30 Å². The second-order valence-corrected chi connectivity index (χ2v) is 7.81. The summed E-state index contributed by atoms with van der Waals surface area (Å²) in [6.45, 7) is 0.510. The summed E-state index contributed by atoms with van der Waals surface area (Å²) in [6.07, 6.45) is 3.29. The molecule has 2 heterocycles. The number of ether oxygens (including phenoxy) is 1. The van der Waals surface area contributed by atoms with Crippen molar-refractivity contribution in [2.24, 2.45) is 0 Å². The van der Waals surface area contributed by atoms with Gasteiger partial charge in [0.25, 0.3) is 11.8 Å². The number of methoxy groups -OCH3 is 1. The van der Waals surface area contributed by atoms with E-state index in [-0.39, 0.29) is 16.3 Å². The molecule has 0 saturated carbocycles. The summed E-state index contributed by atoms with van der Waals surface area (Å²) in [5, 5.41) is 3.07. The third-order valence-corrected chi connectivity index (χ3v) is 5.47. The van der Waals surface area contributed by atoms with Crippen LogP contribution in [0.5, 0.6) is 5.75 Å². The molecule has 162 valence electrons. The minimum absolute atomic E-state index is 0.174. The van der Waals surface area contributed by atoms with Crippen LogP contribution in [0, 0.1) is 0 Å². The highest BCUT2D eigenvalue weighted by molar-refractivity contribution is 6.39. The summed E-state index contributed by atoms with van der Waals surface area (Å²) >= 11 is 12.1. The molecule has 0 bridgehead atoms. The molecular formula is C23H17Cl2N3O4. The third-order valence-electron chi connectivity index (χ3n) is 4.92. The summed E-state index contributed by atoms with van der Waals surface area (Å²) in [6, 6.07) is 14.6. The molecule has 4 rings (SSSR count). The van der Waals surface area contributed by atoms with Crippen molar-refractivity contribution < 1.29 is 19.1 Å². The summed E-state index contributed by atoms with van der Waals surface area (Å²) in [7, 11) is 1.46. The highest BCUT2D eigenvalue weighted by Gasteiger charge is 2.37. The summed E-state index contributed by atoms with van der Waals surface area (Å²) in [5.74, 6) is -1.12. The molecule has 32 heavy (non-hydrogen) atoms. The molecule has 0 unspecified atom stereocenters. The predicted molar refractivity (Wildman–Crippen MR) is 122 cm³/mol. The number of amides is 4. The van der Waals surface area contributed by atoms with Crippen molar-refractivity contribution in [1.29, 1.82) is 0 Å². The Kier molecular flexibility index (Phi) is 6.03. The number of hydrogen-bond donors (Lipinski definition) is 1. The van der Waals surface area contributed by atoms with Gasteiger partial charge in [0.15, 0.2) is 0 Å². The van der Waals surface area contributed by atoms with E-state index in [2.05, 4.69) is 5.32 Å².